The van der Waals surface area contributed by atoms with Crippen molar-refractivity contribution in [3.8, 4) is 17.2 Å². The molecule has 33 heavy (non-hydrogen) atoms. The van der Waals surface area contributed by atoms with Crippen molar-refractivity contribution in [1.29, 1.82) is 0 Å². The number of rotatable bonds is 9. The first-order valence-electron chi connectivity index (χ1n) is 10.7. The molecule has 172 valence electrons. The van der Waals surface area contributed by atoms with E-state index in [-0.39, 0.29) is 25.2 Å². The molecule has 2 heterocycles. The minimum Gasteiger partial charge on any atom is -0.494 e. The van der Waals surface area contributed by atoms with Crippen LogP contribution >= 0.6 is 24.0 Å². The van der Waals surface area contributed by atoms with Crippen LogP contribution in [0.5, 0.6) is 17.2 Å². The molecule has 2 aliphatic heterocycles. The number of ether oxygens (including phenoxy) is 3. The lowest BCUT2D eigenvalue weighted by atomic mass is 10.2. The molecule has 0 aromatic heterocycles. The van der Waals surface area contributed by atoms with Crippen LogP contribution in [0.4, 0.5) is 0 Å². The number of carbonyl (C=O) groups is 2. The maximum atomic E-state index is 12.8. The Hall–Kier alpha value is -3.04. The van der Waals surface area contributed by atoms with E-state index in [1.165, 1.54) is 16.7 Å². The first kappa shape index (κ1) is 23.1. The summed E-state index contributed by atoms with van der Waals surface area (Å²) in [4.78, 5) is 27.3. The monoisotopic (exact) mass is 484 g/mol. The summed E-state index contributed by atoms with van der Waals surface area (Å²) in [6.45, 7) is 3.55. The van der Waals surface area contributed by atoms with Crippen LogP contribution in [0.25, 0.3) is 6.08 Å². The van der Waals surface area contributed by atoms with Crippen LogP contribution in [-0.2, 0) is 4.79 Å². The molecule has 2 aromatic rings. The summed E-state index contributed by atoms with van der Waals surface area (Å²) in [6.07, 6.45) is 3.84. The number of amides is 2. The maximum absolute atomic E-state index is 12.8. The summed E-state index contributed by atoms with van der Waals surface area (Å²) in [5, 5.41) is 2.84. The summed E-state index contributed by atoms with van der Waals surface area (Å²) in [7, 11) is 0. The van der Waals surface area contributed by atoms with Gasteiger partial charge < -0.3 is 19.5 Å². The third-order valence-electron chi connectivity index (χ3n) is 5.07. The highest BCUT2D eigenvalue weighted by Gasteiger charge is 2.31. The van der Waals surface area contributed by atoms with Gasteiger partial charge in [-0.25, -0.2) is 0 Å². The molecule has 9 heteroatoms. The Morgan fingerprint density at radius 1 is 1.21 bits per heavy atom. The average Bonchev–Trinajstić information content (AvgIpc) is 3.39. The van der Waals surface area contributed by atoms with E-state index < -0.39 is 0 Å². The predicted molar refractivity (Wildman–Crippen MR) is 132 cm³/mol. The van der Waals surface area contributed by atoms with E-state index in [0.29, 0.717) is 39.4 Å². The zero-order valence-corrected chi connectivity index (χ0v) is 19.8. The van der Waals surface area contributed by atoms with Crippen molar-refractivity contribution >= 4 is 46.2 Å². The number of thiocarbonyl (C=S) groups is 1. The highest BCUT2D eigenvalue weighted by atomic mass is 32.2. The zero-order valence-electron chi connectivity index (χ0n) is 18.2. The highest BCUT2D eigenvalue weighted by Crippen LogP contribution is 2.36. The van der Waals surface area contributed by atoms with E-state index in [2.05, 4.69) is 12.2 Å². The molecule has 0 unspecified atom stereocenters. The van der Waals surface area contributed by atoms with Crippen molar-refractivity contribution in [3.63, 3.8) is 0 Å². The lowest BCUT2D eigenvalue weighted by molar-refractivity contribution is -0.122. The van der Waals surface area contributed by atoms with Gasteiger partial charge in [0.1, 0.15) is 10.1 Å². The maximum Gasteiger partial charge on any atom is 0.266 e. The smallest absolute Gasteiger partial charge is 0.266 e. The van der Waals surface area contributed by atoms with Crippen LogP contribution in [0, 0.1) is 0 Å². The lowest BCUT2D eigenvalue weighted by Crippen LogP contribution is -2.37. The average molecular weight is 485 g/mol. The van der Waals surface area contributed by atoms with E-state index in [9.17, 15) is 9.59 Å². The van der Waals surface area contributed by atoms with Crippen molar-refractivity contribution < 1.29 is 23.8 Å². The fourth-order valence-electron chi connectivity index (χ4n) is 3.27. The number of fused-ring (bicyclic) bond motifs is 1. The molecule has 0 spiro atoms. The summed E-state index contributed by atoms with van der Waals surface area (Å²) < 4.78 is 16.8. The molecule has 1 saturated heterocycles. The first-order chi connectivity index (χ1) is 16.0. The van der Waals surface area contributed by atoms with E-state index >= 15 is 0 Å². The first-order valence-corrected chi connectivity index (χ1v) is 11.9. The molecule has 1 fully saturated rings. The zero-order chi connectivity index (χ0) is 23.2. The van der Waals surface area contributed by atoms with Gasteiger partial charge in [0.2, 0.25) is 6.79 Å². The van der Waals surface area contributed by atoms with Crippen molar-refractivity contribution in [2.45, 2.75) is 19.8 Å². The molecular weight excluding hydrogens is 460 g/mol. The Balaban J connectivity index is 1.29. The second-order valence-corrected chi connectivity index (χ2v) is 9.10. The Kier molecular flexibility index (Phi) is 7.51. The van der Waals surface area contributed by atoms with Gasteiger partial charge in [-0.15, -0.1) is 0 Å². The van der Waals surface area contributed by atoms with Gasteiger partial charge in [-0.05, 0) is 54.5 Å². The number of unbranched alkanes of at least 4 members (excludes halogenated alkanes) is 1. The fourth-order valence-corrected chi connectivity index (χ4v) is 4.58. The van der Waals surface area contributed by atoms with Crippen LogP contribution in [0.3, 0.4) is 0 Å². The Morgan fingerprint density at radius 3 is 2.79 bits per heavy atom. The summed E-state index contributed by atoms with van der Waals surface area (Å²) in [6, 6.07) is 12.5. The molecule has 0 bridgehead atoms. The number of hydrogen-bond donors (Lipinski definition) is 1. The third-order valence-corrected chi connectivity index (χ3v) is 6.45. The molecule has 7 nitrogen and oxygen atoms in total. The largest absolute Gasteiger partial charge is 0.494 e. The van der Waals surface area contributed by atoms with Crippen molar-refractivity contribution in [2.24, 2.45) is 0 Å². The number of carbonyl (C=O) groups excluding carboxylic acids is 2. The third kappa shape index (κ3) is 5.66. The molecule has 0 saturated carbocycles. The van der Waals surface area contributed by atoms with E-state index in [1.54, 1.807) is 30.3 Å². The topological polar surface area (TPSA) is 77.1 Å². The quantitative estimate of drug-likeness (QED) is 0.324. The number of hydrogen-bond acceptors (Lipinski definition) is 7. The number of benzene rings is 2. The van der Waals surface area contributed by atoms with Crippen molar-refractivity contribution in [2.75, 3.05) is 26.5 Å². The molecule has 0 aliphatic carbocycles. The van der Waals surface area contributed by atoms with Crippen molar-refractivity contribution in [1.82, 2.24) is 10.2 Å². The van der Waals surface area contributed by atoms with Crippen LogP contribution < -0.4 is 19.5 Å². The summed E-state index contributed by atoms with van der Waals surface area (Å²) in [5.74, 6) is 1.70. The van der Waals surface area contributed by atoms with Gasteiger partial charge in [-0.1, -0.05) is 43.4 Å². The van der Waals surface area contributed by atoms with Gasteiger partial charge in [0.15, 0.2) is 11.5 Å². The molecule has 0 radical (unpaired) electrons. The van der Waals surface area contributed by atoms with Gasteiger partial charge in [0, 0.05) is 18.7 Å². The summed E-state index contributed by atoms with van der Waals surface area (Å²) in [5.41, 5.74) is 1.36. The Morgan fingerprint density at radius 2 is 2.00 bits per heavy atom. The number of thioether (sulfide) groups is 1. The molecular formula is C24H24N2O5S2. The van der Waals surface area contributed by atoms with Gasteiger partial charge in [0.25, 0.3) is 11.8 Å². The van der Waals surface area contributed by atoms with Crippen LogP contribution in [0.15, 0.2) is 47.4 Å². The van der Waals surface area contributed by atoms with E-state index in [1.807, 2.05) is 18.2 Å². The standard InChI is InChI=1S/C24H24N2O5S2/c1-2-3-12-29-18-7-5-17(6-8-18)22(27)25-10-11-26-23(28)21(33-24(26)32)14-16-4-9-19-20(13-16)31-15-30-19/h4-9,13-14H,2-3,10-12,15H2,1H3,(H,25,27)/b21-14+. The van der Waals surface area contributed by atoms with Crippen molar-refractivity contribution in [3.05, 3.63) is 58.5 Å². The highest BCUT2D eigenvalue weighted by molar-refractivity contribution is 8.26. The SMILES string of the molecule is CCCCOc1ccc(C(=O)NCCN2C(=O)/C(=C\c3ccc4c(c3)OCO4)SC2=S)cc1. The van der Waals surface area contributed by atoms with Gasteiger partial charge in [0.05, 0.1) is 11.5 Å². The van der Waals surface area contributed by atoms with Crippen LogP contribution in [0.1, 0.15) is 35.7 Å². The molecule has 1 N–H and O–H groups in total. The molecule has 4 rings (SSSR count). The van der Waals surface area contributed by atoms with Crippen LogP contribution in [-0.4, -0.2) is 47.5 Å². The lowest BCUT2D eigenvalue weighted by Gasteiger charge is -2.15. The summed E-state index contributed by atoms with van der Waals surface area (Å²) >= 11 is 6.62. The van der Waals surface area contributed by atoms with Gasteiger partial charge >= 0.3 is 0 Å². The molecule has 0 atom stereocenters. The second-order valence-electron chi connectivity index (χ2n) is 7.43. The minimum atomic E-state index is -0.212. The molecule has 2 aliphatic rings. The number of nitrogens with zero attached hydrogens (tertiary/aromatic N) is 1. The normalized spacial score (nSPS) is 15.9. The molecule has 2 aromatic carbocycles. The Bertz CT molecular complexity index is 1080. The minimum absolute atomic E-state index is 0.175. The van der Waals surface area contributed by atoms with Gasteiger partial charge in [-0.2, -0.15) is 0 Å². The Labute approximate surface area is 202 Å². The van der Waals surface area contributed by atoms with E-state index in [0.717, 1.165) is 24.2 Å². The fraction of sp³-hybridized carbons (Fsp3) is 0.292. The van der Waals surface area contributed by atoms with E-state index in [4.69, 9.17) is 26.4 Å². The van der Waals surface area contributed by atoms with Gasteiger partial charge in [-0.3, -0.25) is 14.5 Å². The second kappa shape index (κ2) is 10.7. The molecule has 2 amide bonds. The van der Waals surface area contributed by atoms with Crippen LogP contribution in [0.2, 0.25) is 0 Å². The predicted octanol–water partition coefficient (Wildman–Crippen LogP) is 4.23. The number of nitrogens with one attached hydrogen (secondary N) is 1.